The van der Waals surface area contributed by atoms with Crippen LogP contribution in [0.25, 0.3) is 10.9 Å². The first-order valence-electron chi connectivity index (χ1n) is 6.65. The maximum atomic E-state index is 11.7. The van der Waals surface area contributed by atoms with E-state index in [1.165, 1.54) is 12.6 Å². The van der Waals surface area contributed by atoms with Gasteiger partial charge in [0.15, 0.2) is 0 Å². The number of hydrogen-bond donors (Lipinski definition) is 2. The number of amides is 2. The molecule has 0 unspecified atom stereocenters. The first-order chi connectivity index (χ1) is 9.51. The molecule has 0 aliphatic rings. The normalized spacial score (nSPS) is 10.6. The number of nitrogens with one attached hydrogen (secondary N) is 2. The molecule has 20 heavy (non-hydrogen) atoms. The topological polar surface area (TPSA) is 63.1 Å². The summed E-state index contributed by atoms with van der Waals surface area (Å²) in [6, 6.07) is 7.92. The van der Waals surface area contributed by atoms with Crippen LogP contribution < -0.4 is 10.6 Å². The molecule has 2 amide bonds. The van der Waals surface area contributed by atoms with Crippen LogP contribution in [-0.4, -0.2) is 22.9 Å². The molecule has 0 aliphatic heterocycles. The summed E-state index contributed by atoms with van der Waals surface area (Å²) in [6.07, 6.45) is 0. The predicted octanol–water partition coefficient (Wildman–Crippen LogP) is 2.04. The molecule has 2 aromatic rings. The number of fused-ring (bicyclic) bond motifs is 1. The van der Waals surface area contributed by atoms with Crippen LogP contribution in [0.4, 0.5) is 5.69 Å². The molecule has 1 aromatic carbocycles. The van der Waals surface area contributed by atoms with Crippen molar-refractivity contribution in [1.29, 1.82) is 0 Å². The fraction of sp³-hybridized carbons (Fsp3) is 0.333. The molecule has 0 saturated heterocycles. The highest BCUT2D eigenvalue weighted by Crippen LogP contribution is 2.23. The third kappa shape index (κ3) is 2.99. The first-order valence-corrected chi connectivity index (χ1v) is 6.65. The highest BCUT2D eigenvalue weighted by atomic mass is 16.2. The van der Waals surface area contributed by atoms with Crippen LogP contribution in [0.15, 0.2) is 24.3 Å². The van der Waals surface area contributed by atoms with Gasteiger partial charge in [-0.1, -0.05) is 0 Å². The molecule has 2 N–H and O–H groups in total. The van der Waals surface area contributed by atoms with Crippen molar-refractivity contribution >= 4 is 28.4 Å². The quantitative estimate of drug-likeness (QED) is 0.895. The van der Waals surface area contributed by atoms with E-state index in [0.717, 1.165) is 23.1 Å². The number of benzene rings is 1. The second-order valence-corrected chi connectivity index (χ2v) is 4.76. The van der Waals surface area contributed by atoms with Crippen LogP contribution in [0.2, 0.25) is 0 Å². The van der Waals surface area contributed by atoms with Gasteiger partial charge in [0.1, 0.15) is 0 Å². The summed E-state index contributed by atoms with van der Waals surface area (Å²) < 4.78 is 2.22. The zero-order valence-electron chi connectivity index (χ0n) is 12.0. The van der Waals surface area contributed by atoms with E-state index in [1.54, 1.807) is 0 Å². The zero-order valence-corrected chi connectivity index (χ0v) is 12.0. The van der Waals surface area contributed by atoms with E-state index in [9.17, 15) is 9.59 Å². The third-order valence-corrected chi connectivity index (χ3v) is 3.21. The minimum Gasteiger partial charge on any atom is -0.347 e. The summed E-state index contributed by atoms with van der Waals surface area (Å²) in [6.45, 7) is 6.47. The molecule has 0 bridgehead atoms. The lowest BCUT2D eigenvalue weighted by molar-refractivity contribution is -0.122. The van der Waals surface area contributed by atoms with Crippen LogP contribution in [0.1, 0.15) is 19.5 Å². The molecule has 0 aliphatic carbocycles. The van der Waals surface area contributed by atoms with Crippen LogP contribution >= 0.6 is 0 Å². The molecule has 5 heteroatoms. The van der Waals surface area contributed by atoms with Gasteiger partial charge in [0.05, 0.1) is 6.54 Å². The number of aromatic nitrogens is 1. The molecule has 0 atom stereocenters. The second kappa shape index (κ2) is 5.77. The first kappa shape index (κ1) is 14.1. The Morgan fingerprint density at radius 1 is 1.25 bits per heavy atom. The van der Waals surface area contributed by atoms with Gasteiger partial charge in [-0.15, -0.1) is 0 Å². The van der Waals surface area contributed by atoms with Gasteiger partial charge >= 0.3 is 0 Å². The molecule has 0 saturated carbocycles. The smallest absolute Gasteiger partial charge is 0.243 e. The Kier molecular flexibility index (Phi) is 4.08. The number of carbonyl (C=O) groups is 2. The Morgan fingerprint density at radius 3 is 2.65 bits per heavy atom. The summed E-state index contributed by atoms with van der Waals surface area (Å²) in [7, 11) is 0. The Bertz CT molecular complexity index is 658. The van der Waals surface area contributed by atoms with E-state index in [4.69, 9.17) is 0 Å². The molecule has 5 nitrogen and oxygen atoms in total. The van der Waals surface area contributed by atoms with Gasteiger partial charge in [0, 0.05) is 35.8 Å². The number of rotatable bonds is 4. The summed E-state index contributed by atoms with van der Waals surface area (Å²) in [4.78, 5) is 22.4. The predicted molar refractivity (Wildman–Crippen MR) is 79.7 cm³/mol. The van der Waals surface area contributed by atoms with Gasteiger partial charge in [-0.25, -0.2) is 0 Å². The van der Waals surface area contributed by atoms with Gasteiger partial charge in [-0.2, -0.15) is 0 Å². The molecule has 0 fully saturated rings. The van der Waals surface area contributed by atoms with E-state index in [-0.39, 0.29) is 18.4 Å². The van der Waals surface area contributed by atoms with Crippen LogP contribution in [-0.2, 0) is 16.1 Å². The van der Waals surface area contributed by atoms with E-state index in [0.29, 0.717) is 0 Å². The summed E-state index contributed by atoms with van der Waals surface area (Å²) in [5.74, 6) is -0.447. The number of anilines is 1. The van der Waals surface area contributed by atoms with Gasteiger partial charge in [-0.3, -0.25) is 9.59 Å². The van der Waals surface area contributed by atoms with Gasteiger partial charge in [-0.05, 0) is 38.1 Å². The van der Waals surface area contributed by atoms with Crippen molar-refractivity contribution in [2.45, 2.75) is 27.3 Å². The van der Waals surface area contributed by atoms with Crippen LogP contribution in [0.3, 0.4) is 0 Å². The number of nitrogens with zero attached hydrogens (tertiary/aromatic N) is 1. The van der Waals surface area contributed by atoms with Crippen molar-refractivity contribution in [3.8, 4) is 0 Å². The molecular weight excluding hydrogens is 254 g/mol. The van der Waals surface area contributed by atoms with Gasteiger partial charge < -0.3 is 15.2 Å². The van der Waals surface area contributed by atoms with Gasteiger partial charge in [0.25, 0.3) is 0 Å². The minimum atomic E-state index is -0.230. The van der Waals surface area contributed by atoms with Crippen molar-refractivity contribution in [3.63, 3.8) is 0 Å². The second-order valence-electron chi connectivity index (χ2n) is 4.76. The molecule has 1 heterocycles. The molecular formula is C15H19N3O2. The van der Waals surface area contributed by atoms with E-state index < -0.39 is 0 Å². The fourth-order valence-corrected chi connectivity index (χ4v) is 2.32. The Morgan fingerprint density at radius 2 is 2.00 bits per heavy atom. The zero-order chi connectivity index (χ0) is 14.7. The monoisotopic (exact) mass is 273 g/mol. The Hall–Kier alpha value is -2.30. The lowest BCUT2D eigenvalue weighted by atomic mass is 10.2. The molecule has 106 valence electrons. The number of hydrogen-bond acceptors (Lipinski definition) is 2. The average molecular weight is 273 g/mol. The van der Waals surface area contributed by atoms with Crippen LogP contribution in [0.5, 0.6) is 0 Å². The lowest BCUT2D eigenvalue weighted by Gasteiger charge is -2.07. The highest BCUT2D eigenvalue weighted by molar-refractivity contribution is 5.96. The SMILES string of the molecule is CCn1c(C)cc2cc(NC(=O)CNC(C)=O)ccc21. The van der Waals surface area contributed by atoms with E-state index in [1.807, 2.05) is 18.2 Å². The third-order valence-electron chi connectivity index (χ3n) is 3.21. The molecule has 1 aromatic heterocycles. The van der Waals surface area contributed by atoms with E-state index >= 15 is 0 Å². The lowest BCUT2D eigenvalue weighted by Crippen LogP contribution is -2.31. The molecule has 0 spiro atoms. The standard InChI is InChI=1S/C15H19N3O2/c1-4-18-10(2)7-12-8-13(5-6-14(12)18)17-15(20)9-16-11(3)19/h5-8H,4,9H2,1-3H3,(H,16,19)(H,17,20). The van der Waals surface area contributed by atoms with E-state index in [2.05, 4.69) is 35.1 Å². The van der Waals surface area contributed by atoms with Crippen LogP contribution in [0, 0.1) is 6.92 Å². The Labute approximate surface area is 118 Å². The van der Waals surface area contributed by atoms with Crippen molar-refractivity contribution in [1.82, 2.24) is 9.88 Å². The van der Waals surface area contributed by atoms with Gasteiger partial charge in [0.2, 0.25) is 11.8 Å². The highest BCUT2D eigenvalue weighted by Gasteiger charge is 2.07. The minimum absolute atomic E-state index is 0.0115. The molecule has 2 rings (SSSR count). The fourth-order valence-electron chi connectivity index (χ4n) is 2.32. The Balaban J connectivity index is 2.16. The maximum absolute atomic E-state index is 11.7. The average Bonchev–Trinajstić information content (AvgIpc) is 2.70. The summed E-state index contributed by atoms with van der Waals surface area (Å²) >= 11 is 0. The number of carbonyl (C=O) groups excluding carboxylic acids is 2. The van der Waals surface area contributed by atoms with Crippen molar-refractivity contribution in [2.24, 2.45) is 0 Å². The maximum Gasteiger partial charge on any atom is 0.243 e. The van der Waals surface area contributed by atoms with Crippen molar-refractivity contribution in [2.75, 3.05) is 11.9 Å². The van der Waals surface area contributed by atoms with Crippen molar-refractivity contribution in [3.05, 3.63) is 30.0 Å². The van der Waals surface area contributed by atoms with Crippen molar-refractivity contribution < 1.29 is 9.59 Å². The summed E-state index contributed by atoms with van der Waals surface area (Å²) in [5, 5.41) is 6.34. The number of aryl methyl sites for hydroxylation is 2. The summed E-state index contributed by atoms with van der Waals surface area (Å²) in [5.41, 5.74) is 3.09. The largest absolute Gasteiger partial charge is 0.347 e. The molecule has 0 radical (unpaired) electrons.